The Morgan fingerprint density at radius 1 is 1.00 bits per heavy atom. The second-order valence-electron chi connectivity index (χ2n) is 7.51. The van der Waals surface area contributed by atoms with Crippen LogP contribution in [-0.2, 0) is 4.79 Å². The number of hydrogen-bond donors (Lipinski definition) is 1. The number of nitrogens with one attached hydrogen (secondary N) is 1. The molecule has 0 aliphatic heterocycles. The maximum atomic E-state index is 12.6. The average Bonchev–Trinajstić information content (AvgIpc) is 2.63. The molecule has 0 fully saturated rings. The zero-order valence-corrected chi connectivity index (χ0v) is 18.5. The van der Waals surface area contributed by atoms with Crippen LogP contribution in [0.15, 0.2) is 30.3 Å². The molecule has 0 aliphatic rings. The number of amides is 1. The lowest BCUT2D eigenvalue weighted by atomic mass is 9.93. The summed E-state index contributed by atoms with van der Waals surface area (Å²) in [5.74, 6) is 1.67. The van der Waals surface area contributed by atoms with Crippen LogP contribution in [0.5, 0.6) is 11.5 Å². The summed E-state index contributed by atoms with van der Waals surface area (Å²) in [6.45, 7) is 11.9. The van der Waals surface area contributed by atoms with Crippen LogP contribution in [0.4, 0.5) is 0 Å². The zero-order valence-electron chi connectivity index (χ0n) is 17.7. The Bertz CT molecular complexity index is 848. The van der Waals surface area contributed by atoms with Crippen molar-refractivity contribution in [2.45, 2.75) is 59.6 Å². The molecule has 0 heterocycles. The van der Waals surface area contributed by atoms with E-state index < -0.39 is 6.10 Å². The van der Waals surface area contributed by atoms with Gasteiger partial charge in [-0.15, -0.1) is 0 Å². The number of benzene rings is 2. The molecule has 0 radical (unpaired) electrons. The van der Waals surface area contributed by atoms with Gasteiger partial charge in [-0.2, -0.15) is 0 Å². The molecule has 2 rings (SSSR count). The molecule has 4 nitrogen and oxygen atoms in total. The van der Waals surface area contributed by atoms with Crippen molar-refractivity contribution >= 4 is 17.5 Å². The lowest BCUT2D eigenvalue weighted by molar-refractivity contribution is -0.127. The highest BCUT2D eigenvalue weighted by Crippen LogP contribution is 2.32. The smallest absolute Gasteiger partial charge is 0.261 e. The van der Waals surface area contributed by atoms with Crippen LogP contribution in [0.3, 0.4) is 0 Å². The molecule has 1 N–H and O–H groups in total. The molecular formula is C23H30ClNO3. The second kappa shape index (κ2) is 9.33. The van der Waals surface area contributed by atoms with Gasteiger partial charge in [-0.3, -0.25) is 4.79 Å². The van der Waals surface area contributed by atoms with Gasteiger partial charge in [-0.05, 0) is 86.2 Å². The van der Waals surface area contributed by atoms with Gasteiger partial charge in [0.05, 0.1) is 13.2 Å². The van der Waals surface area contributed by atoms with E-state index in [4.69, 9.17) is 21.1 Å². The van der Waals surface area contributed by atoms with Crippen molar-refractivity contribution in [3.63, 3.8) is 0 Å². The fourth-order valence-corrected chi connectivity index (χ4v) is 3.28. The molecule has 0 aliphatic carbocycles. The minimum Gasteiger partial charge on any atom is -0.496 e. The molecule has 0 bridgehead atoms. The minimum atomic E-state index is -0.619. The zero-order chi connectivity index (χ0) is 21.0. The Labute approximate surface area is 173 Å². The van der Waals surface area contributed by atoms with Crippen LogP contribution < -0.4 is 14.8 Å². The first-order valence-electron chi connectivity index (χ1n) is 9.55. The van der Waals surface area contributed by atoms with Crippen LogP contribution >= 0.6 is 11.6 Å². The largest absolute Gasteiger partial charge is 0.496 e. The third-order valence-electron chi connectivity index (χ3n) is 4.88. The number of ether oxygens (including phenoxy) is 2. The normalized spacial score (nSPS) is 13.2. The van der Waals surface area contributed by atoms with Gasteiger partial charge in [-0.1, -0.05) is 25.4 Å². The highest BCUT2D eigenvalue weighted by Gasteiger charge is 2.20. The van der Waals surface area contributed by atoms with E-state index in [0.29, 0.717) is 16.7 Å². The number of aryl methyl sites for hydroxylation is 2. The number of carbonyl (C=O) groups is 1. The lowest BCUT2D eigenvalue weighted by Gasteiger charge is -2.23. The fraction of sp³-hybridized carbons (Fsp3) is 0.435. The van der Waals surface area contributed by atoms with E-state index in [1.165, 1.54) is 0 Å². The molecule has 1 amide bonds. The van der Waals surface area contributed by atoms with Crippen molar-refractivity contribution in [2.75, 3.05) is 7.11 Å². The standard InChI is InChI=1S/C23H30ClNO3/c1-13(2)19-12-20(14(3)11-22(19)27-7)16(5)25-23(26)17(6)28-18-8-9-21(24)15(4)10-18/h8-13,16-17H,1-7H3,(H,25,26). The third-order valence-corrected chi connectivity index (χ3v) is 5.30. The monoisotopic (exact) mass is 403 g/mol. The molecule has 28 heavy (non-hydrogen) atoms. The molecule has 5 heteroatoms. The van der Waals surface area contributed by atoms with Crippen LogP contribution in [0, 0.1) is 13.8 Å². The summed E-state index contributed by atoms with van der Waals surface area (Å²) in [7, 11) is 1.68. The summed E-state index contributed by atoms with van der Waals surface area (Å²) < 4.78 is 11.3. The van der Waals surface area contributed by atoms with Crippen molar-refractivity contribution in [2.24, 2.45) is 0 Å². The van der Waals surface area contributed by atoms with E-state index in [1.807, 2.05) is 32.9 Å². The van der Waals surface area contributed by atoms with E-state index in [2.05, 4.69) is 25.2 Å². The summed E-state index contributed by atoms with van der Waals surface area (Å²) in [6.07, 6.45) is -0.619. The molecule has 0 saturated carbocycles. The lowest BCUT2D eigenvalue weighted by Crippen LogP contribution is -2.38. The second-order valence-corrected chi connectivity index (χ2v) is 7.91. The molecule has 2 unspecified atom stereocenters. The minimum absolute atomic E-state index is 0.145. The molecular weight excluding hydrogens is 374 g/mol. The van der Waals surface area contributed by atoms with Crippen LogP contribution in [-0.4, -0.2) is 19.1 Å². The topological polar surface area (TPSA) is 47.6 Å². The van der Waals surface area contributed by atoms with Crippen molar-refractivity contribution in [3.8, 4) is 11.5 Å². The van der Waals surface area contributed by atoms with Gasteiger partial charge in [-0.25, -0.2) is 0 Å². The molecule has 2 aromatic carbocycles. The maximum Gasteiger partial charge on any atom is 0.261 e. The predicted molar refractivity (Wildman–Crippen MR) is 115 cm³/mol. The number of hydrogen-bond acceptors (Lipinski definition) is 3. The summed E-state index contributed by atoms with van der Waals surface area (Å²) in [5, 5.41) is 3.73. The number of halogens is 1. The van der Waals surface area contributed by atoms with Crippen molar-refractivity contribution in [1.29, 1.82) is 0 Å². The van der Waals surface area contributed by atoms with E-state index >= 15 is 0 Å². The average molecular weight is 404 g/mol. The molecule has 2 atom stereocenters. The first-order valence-corrected chi connectivity index (χ1v) is 9.93. The van der Waals surface area contributed by atoms with Crippen LogP contribution in [0.25, 0.3) is 0 Å². The summed E-state index contributed by atoms with van der Waals surface area (Å²) >= 11 is 6.04. The Balaban J connectivity index is 2.12. The molecule has 0 saturated heterocycles. The Morgan fingerprint density at radius 2 is 1.68 bits per heavy atom. The number of methoxy groups -OCH3 is 1. The highest BCUT2D eigenvalue weighted by molar-refractivity contribution is 6.31. The first kappa shape index (κ1) is 22.1. The number of carbonyl (C=O) groups excluding carboxylic acids is 1. The summed E-state index contributed by atoms with van der Waals surface area (Å²) in [4.78, 5) is 12.6. The van der Waals surface area contributed by atoms with Crippen molar-refractivity contribution < 1.29 is 14.3 Å². The first-order chi connectivity index (χ1) is 13.1. The Hall–Kier alpha value is -2.20. The van der Waals surface area contributed by atoms with Gasteiger partial charge in [0.2, 0.25) is 0 Å². The summed E-state index contributed by atoms with van der Waals surface area (Å²) in [6, 6.07) is 9.38. The van der Waals surface area contributed by atoms with Crippen LogP contribution in [0.2, 0.25) is 5.02 Å². The predicted octanol–water partition coefficient (Wildman–Crippen LogP) is 5.73. The number of rotatable bonds is 7. The van der Waals surface area contributed by atoms with Gasteiger partial charge in [0.25, 0.3) is 5.91 Å². The quantitative estimate of drug-likeness (QED) is 0.641. The summed E-state index contributed by atoms with van der Waals surface area (Å²) in [5.41, 5.74) is 4.20. The van der Waals surface area contributed by atoms with Crippen molar-refractivity contribution in [3.05, 3.63) is 57.6 Å². The Morgan fingerprint density at radius 3 is 2.25 bits per heavy atom. The molecule has 2 aromatic rings. The van der Waals surface area contributed by atoms with E-state index in [9.17, 15) is 4.79 Å². The molecule has 0 aromatic heterocycles. The molecule has 152 valence electrons. The van der Waals surface area contributed by atoms with E-state index in [1.54, 1.807) is 26.2 Å². The Kier molecular flexibility index (Phi) is 7.36. The van der Waals surface area contributed by atoms with Gasteiger partial charge in [0.15, 0.2) is 6.10 Å². The SMILES string of the molecule is COc1cc(C)c(C(C)NC(=O)C(C)Oc2ccc(Cl)c(C)c2)cc1C(C)C. The van der Waals surface area contributed by atoms with Gasteiger partial charge >= 0.3 is 0 Å². The highest BCUT2D eigenvalue weighted by atomic mass is 35.5. The van der Waals surface area contributed by atoms with Crippen LogP contribution in [0.1, 0.15) is 61.9 Å². The van der Waals surface area contributed by atoms with Crippen molar-refractivity contribution in [1.82, 2.24) is 5.32 Å². The molecule has 0 spiro atoms. The van der Waals surface area contributed by atoms with E-state index in [0.717, 1.165) is 28.0 Å². The maximum absolute atomic E-state index is 12.6. The van der Waals surface area contributed by atoms with Gasteiger partial charge < -0.3 is 14.8 Å². The third kappa shape index (κ3) is 5.20. The van der Waals surface area contributed by atoms with E-state index in [-0.39, 0.29) is 11.9 Å². The van der Waals surface area contributed by atoms with Gasteiger partial charge in [0.1, 0.15) is 11.5 Å². The fourth-order valence-electron chi connectivity index (χ4n) is 3.17. The van der Waals surface area contributed by atoms with Gasteiger partial charge in [0, 0.05) is 5.02 Å².